The maximum atomic E-state index is 10.7. The molecule has 0 aliphatic heterocycles. The Kier molecular flexibility index (Phi) is 5.58. The zero-order valence-electron chi connectivity index (χ0n) is 8.41. The first-order valence-corrected chi connectivity index (χ1v) is 4.03. The summed E-state index contributed by atoms with van der Waals surface area (Å²) >= 11 is 0. The Hall–Kier alpha value is -2.01. The van der Waals surface area contributed by atoms with Gasteiger partial charge in [-0.05, 0) is 12.5 Å². The Morgan fingerprint density at radius 1 is 1.67 bits per heavy atom. The lowest BCUT2D eigenvalue weighted by Crippen LogP contribution is -2.31. The van der Waals surface area contributed by atoms with Crippen molar-refractivity contribution in [2.45, 2.75) is 26.1 Å². The first-order valence-electron chi connectivity index (χ1n) is 4.03. The van der Waals surface area contributed by atoms with Crippen molar-refractivity contribution in [1.82, 2.24) is 0 Å². The molecule has 0 unspecified atom stereocenters. The maximum absolute atomic E-state index is 10.7. The van der Waals surface area contributed by atoms with Gasteiger partial charge in [-0.2, -0.15) is 0 Å². The number of hydrogen-bond donors (Lipinski definition) is 0. The van der Waals surface area contributed by atoms with Crippen molar-refractivity contribution in [1.29, 1.82) is 0 Å². The van der Waals surface area contributed by atoms with Gasteiger partial charge in [0.25, 0.3) is 6.47 Å². The van der Waals surface area contributed by atoms with Crippen LogP contribution in [0.25, 0.3) is 10.4 Å². The molecular formula is C8H11N3O4. The van der Waals surface area contributed by atoms with E-state index in [2.05, 4.69) is 21.3 Å². The highest BCUT2D eigenvalue weighted by atomic mass is 16.6. The molecule has 0 aromatic rings. The fourth-order valence-corrected chi connectivity index (χ4v) is 0.887. The van der Waals surface area contributed by atoms with Gasteiger partial charge in [-0.25, -0.2) is 0 Å². The molecule has 0 spiro atoms. The monoisotopic (exact) mass is 213 g/mol. The number of nitrogens with zero attached hydrogens (tertiary/aromatic N) is 3. The molecular weight excluding hydrogens is 202 g/mol. The van der Waals surface area contributed by atoms with E-state index in [1.807, 2.05) is 0 Å². The van der Waals surface area contributed by atoms with E-state index in [0.29, 0.717) is 0 Å². The SMILES string of the molecule is C=C(N=[N+]=[N-])[C@@H](OC(C)=O)[C@H](C)OC=O. The summed E-state index contributed by atoms with van der Waals surface area (Å²) in [4.78, 5) is 23.3. The van der Waals surface area contributed by atoms with Gasteiger partial charge in [-0.1, -0.05) is 11.7 Å². The molecule has 7 nitrogen and oxygen atoms in total. The Labute approximate surface area is 86.3 Å². The molecule has 0 aromatic carbocycles. The molecule has 0 saturated heterocycles. The van der Waals surface area contributed by atoms with E-state index >= 15 is 0 Å². The summed E-state index contributed by atoms with van der Waals surface area (Å²) in [6.07, 6.45) is -1.73. The Morgan fingerprint density at radius 2 is 2.27 bits per heavy atom. The van der Waals surface area contributed by atoms with Crippen molar-refractivity contribution in [3.05, 3.63) is 22.7 Å². The summed E-state index contributed by atoms with van der Waals surface area (Å²) in [6.45, 7) is 6.29. The third kappa shape index (κ3) is 4.68. The van der Waals surface area contributed by atoms with E-state index in [4.69, 9.17) is 10.3 Å². The molecule has 0 saturated carbocycles. The van der Waals surface area contributed by atoms with Crippen molar-refractivity contribution in [2.75, 3.05) is 0 Å². The zero-order chi connectivity index (χ0) is 11.8. The molecule has 0 amide bonds. The van der Waals surface area contributed by atoms with Crippen molar-refractivity contribution in [3.8, 4) is 0 Å². The fourth-order valence-electron chi connectivity index (χ4n) is 0.887. The van der Waals surface area contributed by atoms with Crippen molar-refractivity contribution >= 4 is 12.4 Å². The van der Waals surface area contributed by atoms with Gasteiger partial charge in [0.1, 0.15) is 6.10 Å². The van der Waals surface area contributed by atoms with Gasteiger partial charge < -0.3 is 9.47 Å². The first-order chi connectivity index (χ1) is 7.02. The van der Waals surface area contributed by atoms with Crippen molar-refractivity contribution < 1.29 is 19.1 Å². The molecule has 2 atom stereocenters. The van der Waals surface area contributed by atoms with Crippen molar-refractivity contribution in [3.63, 3.8) is 0 Å². The van der Waals surface area contributed by atoms with E-state index < -0.39 is 18.2 Å². The Balaban J connectivity index is 4.69. The lowest BCUT2D eigenvalue weighted by Gasteiger charge is -2.21. The van der Waals surface area contributed by atoms with E-state index in [1.165, 1.54) is 13.8 Å². The molecule has 82 valence electrons. The summed E-state index contributed by atoms with van der Waals surface area (Å²) in [7, 11) is 0. The number of hydrogen-bond acceptors (Lipinski definition) is 5. The topological polar surface area (TPSA) is 101 Å². The normalized spacial score (nSPS) is 12.9. The molecule has 0 aliphatic carbocycles. The minimum atomic E-state index is -0.969. The van der Waals surface area contributed by atoms with Gasteiger partial charge in [0.05, 0.1) is 5.70 Å². The fraction of sp³-hybridized carbons (Fsp3) is 0.500. The largest absolute Gasteiger partial charge is 0.461 e. The Morgan fingerprint density at radius 3 is 2.67 bits per heavy atom. The van der Waals surface area contributed by atoms with Crippen LogP contribution in [0.3, 0.4) is 0 Å². The summed E-state index contributed by atoms with van der Waals surface area (Å²) < 4.78 is 9.36. The van der Waals surface area contributed by atoms with Crippen molar-refractivity contribution in [2.24, 2.45) is 5.11 Å². The highest BCUT2D eigenvalue weighted by molar-refractivity contribution is 5.66. The average Bonchev–Trinajstić information content (AvgIpc) is 2.14. The molecule has 0 radical (unpaired) electrons. The van der Waals surface area contributed by atoms with Crippen LogP contribution in [0.4, 0.5) is 0 Å². The van der Waals surface area contributed by atoms with Crippen LogP contribution in [0.1, 0.15) is 13.8 Å². The predicted molar refractivity (Wildman–Crippen MR) is 50.5 cm³/mol. The van der Waals surface area contributed by atoms with Crippen LogP contribution in [0.15, 0.2) is 17.4 Å². The third-order valence-corrected chi connectivity index (χ3v) is 1.49. The van der Waals surface area contributed by atoms with E-state index in [-0.39, 0.29) is 12.2 Å². The summed E-state index contributed by atoms with van der Waals surface area (Å²) in [5.74, 6) is -0.587. The second kappa shape index (κ2) is 6.44. The lowest BCUT2D eigenvalue weighted by molar-refractivity contribution is -0.155. The van der Waals surface area contributed by atoms with Crippen LogP contribution >= 0.6 is 0 Å². The first kappa shape index (κ1) is 13.0. The molecule has 15 heavy (non-hydrogen) atoms. The van der Waals surface area contributed by atoms with E-state index in [1.54, 1.807) is 0 Å². The molecule has 0 bridgehead atoms. The molecule has 0 fully saturated rings. The second-order valence-corrected chi connectivity index (χ2v) is 2.65. The van der Waals surface area contributed by atoms with Gasteiger partial charge in [-0.15, -0.1) is 0 Å². The van der Waals surface area contributed by atoms with Gasteiger partial charge >= 0.3 is 5.97 Å². The van der Waals surface area contributed by atoms with Crippen LogP contribution in [-0.4, -0.2) is 24.6 Å². The van der Waals surface area contributed by atoms with Crippen LogP contribution in [0.5, 0.6) is 0 Å². The van der Waals surface area contributed by atoms with E-state index in [0.717, 1.165) is 0 Å². The molecule has 0 N–H and O–H groups in total. The number of azide groups is 1. The van der Waals surface area contributed by atoms with Crippen LogP contribution in [-0.2, 0) is 19.1 Å². The predicted octanol–water partition coefficient (Wildman–Crippen LogP) is 1.30. The quantitative estimate of drug-likeness (QED) is 0.218. The smallest absolute Gasteiger partial charge is 0.303 e. The Bertz CT molecular complexity index is 309. The molecule has 0 heterocycles. The lowest BCUT2D eigenvalue weighted by atomic mass is 10.2. The zero-order valence-corrected chi connectivity index (χ0v) is 8.41. The van der Waals surface area contributed by atoms with Gasteiger partial charge in [-0.3, -0.25) is 9.59 Å². The maximum Gasteiger partial charge on any atom is 0.303 e. The van der Waals surface area contributed by atoms with Crippen LogP contribution < -0.4 is 0 Å². The second-order valence-electron chi connectivity index (χ2n) is 2.65. The molecule has 0 rings (SSSR count). The molecule has 0 aliphatic rings. The number of esters is 1. The number of rotatable bonds is 6. The standard InChI is InChI=1S/C8H11N3O4/c1-5(10-11-9)8(15-7(3)13)6(2)14-4-12/h4,6,8H,1H2,2-3H3/t6-,8+/m0/s1. The summed E-state index contributed by atoms with van der Waals surface area (Å²) in [5.41, 5.74) is 8.15. The highest BCUT2D eigenvalue weighted by Gasteiger charge is 2.23. The number of ether oxygens (including phenoxy) is 2. The number of carbonyl (C=O) groups is 2. The highest BCUT2D eigenvalue weighted by Crippen LogP contribution is 2.13. The summed E-state index contributed by atoms with van der Waals surface area (Å²) in [5, 5.41) is 3.19. The number of carbonyl (C=O) groups excluding carboxylic acids is 2. The minimum Gasteiger partial charge on any atom is -0.461 e. The average molecular weight is 213 g/mol. The van der Waals surface area contributed by atoms with E-state index in [9.17, 15) is 9.59 Å². The molecule has 7 heteroatoms. The summed E-state index contributed by atoms with van der Waals surface area (Å²) in [6, 6.07) is 0. The minimum absolute atomic E-state index is 0.0259. The van der Waals surface area contributed by atoms with Gasteiger partial charge in [0.15, 0.2) is 6.10 Å². The third-order valence-electron chi connectivity index (χ3n) is 1.49. The van der Waals surface area contributed by atoms with Gasteiger partial charge in [0.2, 0.25) is 0 Å². The van der Waals surface area contributed by atoms with Crippen LogP contribution in [0.2, 0.25) is 0 Å². The molecule has 0 aromatic heterocycles. The van der Waals surface area contributed by atoms with Gasteiger partial charge in [0, 0.05) is 11.8 Å². The van der Waals surface area contributed by atoms with Crippen LogP contribution in [0, 0.1) is 0 Å².